The standard InChI is InChI=1S/C24H31N3O/c1-18-8-10-19(11-9-18)17-21-5-3-6-22(25-21)23-7-4-14-27(23)24(28)20-12-15-26(2)16-13-20/h3,5-6,8-11,20,23H,4,7,12-17H2,1-2H3/t23-/m0/s1. The normalized spacial score (nSPS) is 21.2. The summed E-state index contributed by atoms with van der Waals surface area (Å²) in [5, 5.41) is 0. The quantitative estimate of drug-likeness (QED) is 0.808. The predicted molar refractivity (Wildman–Crippen MR) is 112 cm³/mol. The number of benzene rings is 1. The summed E-state index contributed by atoms with van der Waals surface area (Å²) < 4.78 is 0. The Kier molecular flexibility index (Phi) is 5.77. The smallest absolute Gasteiger partial charge is 0.226 e. The van der Waals surface area contributed by atoms with E-state index >= 15 is 0 Å². The van der Waals surface area contributed by atoms with Gasteiger partial charge in [0.15, 0.2) is 0 Å². The van der Waals surface area contributed by atoms with Crippen LogP contribution in [0, 0.1) is 12.8 Å². The van der Waals surface area contributed by atoms with Crippen molar-refractivity contribution >= 4 is 5.91 Å². The van der Waals surface area contributed by atoms with Crippen LogP contribution in [0.4, 0.5) is 0 Å². The molecule has 4 heteroatoms. The minimum absolute atomic E-state index is 0.144. The average molecular weight is 378 g/mol. The van der Waals surface area contributed by atoms with Gasteiger partial charge in [-0.3, -0.25) is 9.78 Å². The molecule has 1 amide bonds. The molecule has 2 aliphatic heterocycles. The molecule has 1 atom stereocenters. The number of amides is 1. The zero-order valence-electron chi connectivity index (χ0n) is 17.1. The summed E-state index contributed by atoms with van der Waals surface area (Å²) in [4.78, 5) is 22.6. The Morgan fingerprint density at radius 3 is 2.54 bits per heavy atom. The Bertz CT molecular complexity index is 809. The largest absolute Gasteiger partial charge is 0.334 e. The highest BCUT2D eigenvalue weighted by Gasteiger charge is 2.35. The minimum Gasteiger partial charge on any atom is -0.334 e. The Balaban J connectivity index is 1.48. The van der Waals surface area contributed by atoms with E-state index < -0.39 is 0 Å². The second-order valence-electron chi connectivity index (χ2n) is 8.48. The molecule has 0 saturated carbocycles. The number of aryl methyl sites for hydroxylation is 1. The van der Waals surface area contributed by atoms with Gasteiger partial charge in [-0.25, -0.2) is 0 Å². The van der Waals surface area contributed by atoms with E-state index in [1.54, 1.807) is 0 Å². The first kappa shape index (κ1) is 19.1. The van der Waals surface area contributed by atoms with Crippen LogP contribution in [0.5, 0.6) is 0 Å². The number of pyridine rings is 1. The van der Waals surface area contributed by atoms with Gasteiger partial charge in [0.2, 0.25) is 5.91 Å². The highest BCUT2D eigenvalue weighted by Crippen LogP contribution is 2.34. The molecule has 148 valence electrons. The van der Waals surface area contributed by atoms with E-state index in [2.05, 4.69) is 66.2 Å². The lowest BCUT2D eigenvalue weighted by atomic mass is 9.95. The van der Waals surface area contributed by atoms with Crippen molar-refractivity contribution in [3.05, 3.63) is 65.0 Å². The van der Waals surface area contributed by atoms with Crippen molar-refractivity contribution in [1.82, 2.24) is 14.8 Å². The number of likely N-dealkylation sites (tertiary alicyclic amines) is 2. The van der Waals surface area contributed by atoms with E-state index in [1.165, 1.54) is 11.1 Å². The topological polar surface area (TPSA) is 36.4 Å². The van der Waals surface area contributed by atoms with Gasteiger partial charge >= 0.3 is 0 Å². The monoisotopic (exact) mass is 377 g/mol. The molecule has 1 aromatic carbocycles. The van der Waals surface area contributed by atoms with Crippen LogP contribution in [-0.2, 0) is 11.2 Å². The predicted octanol–water partition coefficient (Wildman–Crippen LogP) is 3.99. The molecule has 0 radical (unpaired) electrons. The van der Waals surface area contributed by atoms with Crippen LogP contribution >= 0.6 is 0 Å². The molecule has 0 spiro atoms. The van der Waals surface area contributed by atoms with E-state index in [1.807, 2.05) is 0 Å². The summed E-state index contributed by atoms with van der Waals surface area (Å²) in [7, 11) is 2.14. The lowest BCUT2D eigenvalue weighted by Crippen LogP contribution is -2.41. The van der Waals surface area contributed by atoms with Crippen LogP contribution in [0.2, 0.25) is 0 Å². The molecular formula is C24H31N3O. The second-order valence-corrected chi connectivity index (χ2v) is 8.48. The third-order valence-corrected chi connectivity index (χ3v) is 6.28. The summed E-state index contributed by atoms with van der Waals surface area (Å²) >= 11 is 0. The maximum atomic E-state index is 13.2. The van der Waals surface area contributed by atoms with Gasteiger partial charge in [0.05, 0.1) is 11.7 Å². The van der Waals surface area contributed by atoms with E-state index in [0.717, 1.165) is 63.1 Å². The van der Waals surface area contributed by atoms with Gasteiger partial charge < -0.3 is 9.80 Å². The van der Waals surface area contributed by atoms with E-state index in [0.29, 0.717) is 5.91 Å². The Hall–Kier alpha value is -2.20. The first-order valence-corrected chi connectivity index (χ1v) is 10.6. The molecule has 0 bridgehead atoms. The Morgan fingerprint density at radius 2 is 1.79 bits per heavy atom. The van der Waals surface area contributed by atoms with Gasteiger partial charge in [0, 0.05) is 24.6 Å². The molecule has 3 heterocycles. The number of hydrogen-bond acceptors (Lipinski definition) is 3. The van der Waals surface area contributed by atoms with Gasteiger partial charge in [-0.1, -0.05) is 35.9 Å². The maximum absolute atomic E-state index is 13.2. The molecule has 4 rings (SSSR count). The number of carbonyl (C=O) groups is 1. The number of nitrogens with zero attached hydrogens (tertiary/aromatic N) is 3. The summed E-state index contributed by atoms with van der Waals surface area (Å²) in [6.45, 7) is 5.04. The first-order valence-electron chi connectivity index (χ1n) is 10.6. The van der Waals surface area contributed by atoms with Crippen LogP contribution in [-0.4, -0.2) is 47.4 Å². The third-order valence-electron chi connectivity index (χ3n) is 6.28. The summed E-state index contributed by atoms with van der Waals surface area (Å²) in [5.74, 6) is 0.536. The molecule has 2 saturated heterocycles. The van der Waals surface area contributed by atoms with Crippen molar-refractivity contribution < 1.29 is 4.79 Å². The van der Waals surface area contributed by atoms with Crippen molar-refractivity contribution in [2.75, 3.05) is 26.7 Å². The minimum atomic E-state index is 0.144. The Morgan fingerprint density at radius 1 is 1.04 bits per heavy atom. The number of hydrogen-bond donors (Lipinski definition) is 0. The van der Waals surface area contributed by atoms with Gasteiger partial charge in [-0.2, -0.15) is 0 Å². The van der Waals surface area contributed by atoms with Gasteiger partial charge in [-0.05, 0) is 70.4 Å². The molecule has 1 aromatic heterocycles. The second kappa shape index (κ2) is 8.44. The van der Waals surface area contributed by atoms with Crippen molar-refractivity contribution in [3.8, 4) is 0 Å². The number of aromatic nitrogens is 1. The summed E-state index contributed by atoms with van der Waals surface area (Å²) in [6, 6.07) is 15.1. The van der Waals surface area contributed by atoms with Crippen LogP contribution in [0.25, 0.3) is 0 Å². The molecule has 2 aliphatic rings. The van der Waals surface area contributed by atoms with Crippen molar-refractivity contribution in [2.24, 2.45) is 5.92 Å². The van der Waals surface area contributed by atoms with Crippen molar-refractivity contribution in [1.29, 1.82) is 0 Å². The fourth-order valence-corrected chi connectivity index (χ4v) is 4.53. The van der Waals surface area contributed by atoms with Crippen LogP contribution in [0.15, 0.2) is 42.5 Å². The van der Waals surface area contributed by atoms with Crippen LogP contribution in [0.1, 0.15) is 54.2 Å². The highest BCUT2D eigenvalue weighted by atomic mass is 16.2. The molecule has 2 aromatic rings. The molecule has 0 N–H and O–H groups in total. The van der Waals surface area contributed by atoms with Gasteiger partial charge in [0.1, 0.15) is 0 Å². The third kappa shape index (κ3) is 4.27. The van der Waals surface area contributed by atoms with Gasteiger partial charge in [0.25, 0.3) is 0 Å². The maximum Gasteiger partial charge on any atom is 0.226 e. The number of rotatable bonds is 4. The molecule has 0 unspecified atom stereocenters. The Labute approximate surface area is 168 Å². The molecule has 0 aliphatic carbocycles. The SMILES string of the molecule is Cc1ccc(Cc2cccc([C@@H]3CCCN3C(=O)C3CCN(C)CC3)n2)cc1. The van der Waals surface area contributed by atoms with Gasteiger partial charge in [-0.15, -0.1) is 0 Å². The van der Waals surface area contributed by atoms with Crippen LogP contribution in [0.3, 0.4) is 0 Å². The molecule has 2 fully saturated rings. The van der Waals surface area contributed by atoms with Crippen molar-refractivity contribution in [2.45, 2.75) is 45.1 Å². The zero-order valence-corrected chi connectivity index (χ0v) is 17.1. The van der Waals surface area contributed by atoms with E-state index in [4.69, 9.17) is 4.98 Å². The first-order chi connectivity index (χ1) is 13.6. The lowest BCUT2D eigenvalue weighted by molar-refractivity contribution is -0.138. The summed E-state index contributed by atoms with van der Waals surface area (Å²) in [6.07, 6.45) is 4.91. The summed E-state index contributed by atoms with van der Waals surface area (Å²) in [5.41, 5.74) is 4.70. The lowest BCUT2D eigenvalue weighted by Gasteiger charge is -2.33. The van der Waals surface area contributed by atoms with Crippen molar-refractivity contribution in [3.63, 3.8) is 0 Å². The molecule has 28 heavy (non-hydrogen) atoms. The fourth-order valence-electron chi connectivity index (χ4n) is 4.53. The average Bonchev–Trinajstić information content (AvgIpc) is 3.20. The highest BCUT2D eigenvalue weighted by molar-refractivity contribution is 5.79. The fraction of sp³-hybridized carbons (Fsp3) is 0.500. The molecular weight excluding hydrogens is 346 g/mol. The molecule has 4 nitrogen and oxygen atoms in total. The zero-order chi connectivity index (χ0) is 19.5. The van der Waals surface area contributed by atoms with E-state index in [-0.39, 0.29) is 12.0 Å². The van der Waals surface area contributed by atoms with Crippen LogP contribution < -0.4 is 0 Å². The number of carbonyl (C=O) groups excluding carboxylic acids is 1. The number of piperidine rings is 1. The van der Waals surface area contributed by atoms with E-state index in [9.17, 15) is 4.79 Å².